The van der Waals surface area contributed by atoms with Gasteiger partial charge in [-0.25, -0.2) is 4.57 Å². The predicted octanol–water partition coefficient (Wildman–Crippen LogP) is 12.1. The van der Waals surface area contributed by atoms with Crippen molar-refractivity contribution in [1.82, 2.24) is 0 Å². The standard InChI is InChI=1S/C43H71O8P/c1-3-5-7-9-11-13-15-17-19-20-21-22-24-25-27-29-31-33-35-37-42(44)49-39-41(40-50-52(46,47)48)51-43(45)38-36-34-32-30-28-26-23-18-16-14-12-10-8-6-4-2/h11,13,17-19,21-23,25,27-28,30-31,33,41H,3-10,12,14-16,20,24,26,29,32,34-40H2,1-2H3,(H2,46,47,48)/b13-11+,19-17+,22-21+,23-18+,27-25+,30-28+,33-31+/t41-/m1/s1. The van der Waals surface area contributed by atoms with Gasteiger partial charge < -0.3 is 19.3 Å². The number of carbonyl (C=O) groups is 2. The van der Waals surface area contributed by atoms with Gasteiger partial charge in [-0.05, 0) is 83.5 Å². The van der Waals surface area contributed by atoms with Gasteiger partial charge in [0.05, 0.1) is 6.61 Å². The summed E-state index contributed by atoms with van der Waals surface area (Å²) in [4.78, 5) is 42.7. The quantitative estimate of drug-likeness (QED) is 0.0285. The molecular formula is C43H71O8P. The summed E-state index contributed by atoms with van der Waals surface area (Å²) in [6.45, 7) is 3.54. The van der Waals surface area contributed by atoms with E-state index in [1.165, 1.54) is 64.2 Å². The van der Waals surface area contributed by atoms with Crippen LogP contribution in [0.1, 0.15) is 155 Å². The third kappa shape index (κ3) is 40.0. The van der Waals surface area contributed by atoms with Crippen LogP contribution in [-0.2, 0) is 28.2 Å². The highest BCUT2D eigenvalue weighted by atomic mass is 31.2. The Morgan fingerprint density at radius 2 is 0.904 bits per heavy atom. The molecule has 0 saturated carbocycles. The Hall–Kier alpha value is -2.77. The van der Waals surface area contributed by atoms with Crippen molar-refractivity contribution in [1.29, 1.82) is 0 Å². The van der Waals surface area contributed by atoms with Gasteiger partial charge in [0.15, 0.2) is 6.10 Å². The van der Waals surface area contributed by atoms with Gasteiger partial charge in [-0.2, -0.15) is 0 Å². The van der Waals surface area contributed by atoms with Crippen molar-refractivity contribution in [2.45, 2.75) is 161 Å². The van der Waals surface area contributed by atoms with E-state index >= 15 is 0 Å². The zero-order valence-corrected chi connectivity index (χ0v) is 33.3. The number of phosphoric acid groups is 1. The molecule has 0 rings (SSSR count). The summed E-state index contributed by atoms with van der Waals surface area (Å²) in [5, 5.41) is 0. The van der Waals surface area contributed by atoms with Crippen LogP contribution in [0.5, 0.6) is 0 Å². The molecule has 0 fully saturated rings. The first kappa shape index (κ1) is 49.2. The Morgan fingerprint density at radius 3 is 1.40 bits per heavy atom. The van der Waals surface area contributed by atoms with Crippen LogP contribution in [0.4, 0.5) is 0 Å². The highest BCUT2D eigenvalue weighted by molar-refractivity contribution is 7.46. The SMILES string of the molecule is CCCCC/C=C/C/C=C/C/C=C/C/C=C/C/C=C/CCC(=O)OC[C@H](COP(=O)(O)O)OC(=O)CCCC/C=C/C/C=C/CCCCCCCC. The first-order valence-electron chi connectivity index (χ1n) is 19.9. The molecule has 0 saturated heterocycles. The molecule has 52 heavy (non-hydrogen) atoms. The van der Waals surface area contributed by atoms with E-state index in [1.54, 1.807) is 0 Å². The number of phosphoric ester groups is 1. The van der Waals surface area contributed by atoms with Gasteiger partial charge in [-0.15, -0.1) is 0 Å². The maximum absolute atomic E-state index is 12.4. The molecule has 0 aliphatic rings. The van der Waals surface area contributed by atoms with E-state index in [2.05, 4.69) is 91.3 Å². The molecule has 0 heterocycles. The first-order valence-corrected chi connectivity index (χ1v) is 21.4. The molecule has 0 aromatic heterocycles. The molecule has 0 spiro atoms. The van der Waals surface area contributed by atoms with Crippen molar-refractivity contribution in [3.63, 3.8) is 0 Å². The second-order valence-electron chi connectivity index (χ2n) is 12.9. The summed E-state index contributed by atoms with van der Waals surface area (Å²) in [7, 11) is -4.78. The second kappa shape index (κ2) is 38.0. The Labute approximate surface area is 316 Å². The van der Waals surface area contributed by atoms with E-state index in [0.29, 0.717) is 12.8 Å². The van der Waals surface area contributed by atoms with Crippen LogP contribution in [0.3, 0.4) is 0 Å². The number of hydrogen-bond acceptors (Lipinski definition) is 6. The number of ether oxygens (including phenoxy) is 2. The summed E-state index contributed by atoms with van der Waals surface area (Å²) in [5.41, 5.74) is 0. The normalized spacial score (nSPS) is 13.4. The van der Waals surface area contributed by atoms with Gasteiger partial charge in [-0.3, -0.25) is 14.1 Å². The molecule has 8 nitrogen and oxygen atoms in total. The van der Waals surface area contributed by atoms with Crippen molar-refractivity contribution >= 4 is 19.8 Å². The lowest BCUT2D eigenvalue weighted by atomic mass is 10.1. The minimum Gasteiger partial charge on any atom is -0.462 e. The van der Waals surface area contributed by atoms with E-state index in [-0.39, 0.29) is 19.4 Å². The van der Waals surface area contributed by atoms with Crippen molar-refractivity contribution < 1.29 is 37.9 Å². The lowest BCUT2D eigenvalue weighted by molar-refractivity contribution is -0.161. The third-order valence-corrected chi connectivity index (χ3v) is 8.39. The molecule has 0 radical (unpaired) electrons. The molecule has 0 unspecified atom stereocenters. The lowest BCUT2D eigenvalue weighted by Crippen LogP contribution is -2.29. The molecule has 0 aromatic rings. The van der Waals surface area contributed by atoms with Crippen LogP contribution in [0.25, 0.3) is 0 Å². The first-order chi connectivity index (χ1) is 25.3. The van der Waals surface area contributed by atoms with Crippen LogP contribution in [0.2, 0.25) is 0 Å². The molecule has 0 amide bonds. The number of rotatable bonds is 35. The minimum atomic E-state index is -4.78. The van der Waals surface area contributed by atoms with Crippen molar-refractivity contribution in [3.05, 3.63) is 85.1 Å². The molecule has 0 aliphatic carbocycles. The molecule has 296 valence electrons. The van der Waals surface area contributed by atoms with Crippen LogP contribution < -0.4 is 0 Å². The maximum atomic E-state index is 12.4. The van der Waals surface area contributed by atoms with Gasteiger partial charge >= 0.3 is 19.8 Å². The van der Waals surface area contributed by atoms with E-state index in [0.717, 1.165) is 51.4 Å². The second-order valence-corrected chi connectivity index (χ2v) is 14.1. The van der Waals surface area contributed by atoms with Crippen molar-refractivity contribution in [2.75, 3.05) is 13.2 Å². The van der Waals surface area contributed by atoms with Crippen LogP contribution >= 0.6 is 7.82 Å². The van der Waals surface area contributed by atoms with Gasteiger partial charge in [-0.1, -0.05) is 144 Å². The topological polar surface area (TPSA) is 119 Å². The van der Waals surface area contributed by atoms with Gasteiger partial charge in [0, 0.05) is 12.8 Å². The van der Waals surface area contributed by atoms with E-state index < -0.39 is 32.5 Å². The molecule has 0 aliphatic heterocycles. The summed E-state index contributed by atoms with van der Waals surface area (Å²) >= 11 is 0. The predicted molar refractivity (Wildman–Crippen MR) is 216 cm³/mol. The fraction of sp³-hybridized carbons (Fsp3) is 0.628. The number of hydrogen-bond donors (Lipinski definition) is 2. The van der Waals surface area contributed by atoms with Crippen molar-refractivity contribution in [3.8, 4) is 0 Å². The zero-order valence-electron chi connectivity index (χ0n) is 32.4. The molecule has 0 bridgehead atoms. The summed E-state index contributed by atoms with van der Waals surface area (Å²) in [5.74, 6) is -1.03. The Balaban J connectivity index is 4.15. The zero-order chi connectivity index (χ0) is 38.2. The fourth-order valence-corrected chi connectivity index (χ4v) is 5.27. The van der Waals surface area contributed by atoms with Crippen LogP contribution in [-0.4, -0.2) is 41.0 Å². The molecular weight excluding hydrogens is 675 g/mol. The Morgan fingerprint density at radius 1 is 0.500 bits per heavy atom. The summed E-state index contributed by atoms with van der Waals surface area (Å²) in [6.07, 6.45) is 50.3. The number of allylic oxidation sites excluding steroid dienone is 14. The van der Waals surface area contributed by atoms with E-state index in [1.807, 2.05) is 12.2 Å². The average molecular weight is 747 g/mol. The molecule has 1 atom stereocenters. The van der Waals surface area contributed by atoms with E-state index in [4.69, 9.17) is 19.3 Å². The Bertz CT molecular complexity index is 1110. The number of carbonyl (C=O) groups excluding carboxylic acids is 2. The molecule has 0 aromatic carbocycles. The van der Waals surface area contributed by atoms with Crippen molar-refractivity contribution in [2.24, 2.45) is 0 Å². The maximum Gasteiger partial charge on any atom is 0.469 e. The third-order valence-electron chi connectivity index (χ3n) is 7.90. The van der Waals surface area contributed by atoms with E-state index in [9.17, 15) is 14.2 Å². The number of esters is 2. The lowest BCUT2D eigenvalue weighted by Gasteiger charge is -2.18. The van der Waals surface area contributed by atoms with Gasteiger partial charge in [0.25, 0.3) is 0 Å². The van der Waals surface area contributed by atoms with Gasteiger partial charge in [0.2, 0.25) is 0 Å². The largest absolute Gasteiger partial charge is 0.469 e. The molecule has 2 N–H and O–H groups in total. The summed E-state index contributed by atoms with van der Waals surface area (Å²) in [6, 6.07) is 0. The smallest absolute Gasteiger partial charge is 0.462 e. The summed E-state index contributed by atoms with van der Waals surface area (Å²) < 4.78 is 26.2. The molecule has 9 heteroatoms. The fourth-order valence-electron chi connectivity index (χ4n) is 4.91. The monoisotopic (exact) mass is 746 g/mol. The minimum absolute atomic E-state index is 0.133. The van der Waals surface area contributed by atoms with Crippen LogP contribution in [0.15, 0.2) is 85.1 Å². The number of unbranched alkanes of at least 4 members (excludes halogenated alkanes) is 11. The highest BCUT2D eigenvalue weighted by Crippen LogP contribution is 2.35. The van der Waals surface area contributed by atoms with Gasteiger partial charge in [0.1, 0.15) is 6.61 Å². The Kier molecular flexibility index (Phi) is 35.9. The van der Waals surface area contributed by atoms with Crippen LogP contribution in [0, 0.1) is 0 Å². The highest BCUT2D eigenvalue weighted by Gasteiger charge is 2.22. The average Bonchev–Trinajstić information content (AvgIpc) is 3.11.